The van der Waals surface area contributed by atoms with Gasteiger partial charge < -0.3 is 5.73 Å². The van der Waals surface area contributed by atoms with E-state index in [1.165, 1.54) is 11.3 Å². The van der Waals surface area contributed by atoms with Crippen LogP contribution in [-0.4, -0.2) is 13.4 Å². The van der Waals surface area contributed by atoms with Gasteiger partial charge >= 0.3 is 0 Å². The van der Waals surface area contributed by atoms with Crippen LogP contribution in [0.3, 0.4) is 0 Å². The highest BCUT2D eigenvalue weighted by molar-refractivity contribution is 7.93. The standard InChI is InChI=1S/C14H19N3O2S2/c1-8(2)12-7-20-14(16-12)17-21(18,19)13-6-10(4)9(3)5-11(13)15/h5-8H,15H2,1-4H3,(H,16,17). The third-order valence-electron chi connectivity index (χ3n) is 3.25. The molecule has 0 spiro atoms. The van der Waals surface area contributed by atoms with Gasteiger partial charge in [0.1, 0.15) is 4.90 Å². The van der Waals surface area contributed by atoms with E-state index in [0.717, 1.165) is 16.8 Å². The maximum Gasteiger partial charge on any atom is 0.265 e. The normalized spacial score (nSPS) is 11.9. The lowest BCUT2D eigenvalue weighted by Gasteiger charge is -2.10. The first-order chi connectivity index (χ1) is 9.70. The summed E-state index contributed by atoms with van der Waals surface area (Å²) in [5.74, 6) is 0.256. The fraction of sp³-hybridized carbons (Fsp3) is 0.357. The van der Waals surface area contributed by atoms with Crippen LogP contribution in [0.15, 0.2) is 22.4 Å². The first-order valence-electron chi connectivity index (χ1n) is 6.55. The van der Waals surface area contributed by atoms with Crippen molar-refractivity contribution in [2.24, 2.45) is 0 Å². The molecule has 2 aromatic rings. The highest BCUT2D eigenvalue weighted by Crippen LogP contribution is 2.27. The Balaban J connectivity index is 2.36. The molecule has 0 saturated heterocycles. The van der Waals surface area contributed by atoms with E-state index in [-0.39, 0.29) is 16.5 Å². The van der Waals surface area contributed by atoms with Crippen LogP contribution in [-0.2, 0) is 10.0 Å². The summed E-state index contributed by atoms with van der Waals surface area (Å²) in [5, 5.41) is 2.21. The number of nitrogens with two attached hydrogens (primary N) is 1. The van der Waals surface area contributed by atoms with Crippen molar-refractivity contribution >= 4 is 32.2 Å². The molecule has 114 valence electrons. The highest BCUT2D eigenvalue weighted by atomic mass is 32.2. The SMILES string of the molecule is Cc1cc(N)c(S(=O)(=O)Nc2nc(C(C)C)cs2)cc1C. The van der Waals surface area contributed by atoms with Crippen molar-refractivity contribution in [1.82, 2.24) is 4.98 Å². The molecule has 0 saturated carbocycles. The van der Waals surface area contributed by atoms with Crippen molar-refractivity contribution < 1.29 is 8.42 Å². The van der Waals surface area contributed by atoms with Crippen LogP contribution in [0.1, 0.15) is 36.6 Å². The molecule has 0 unspecified atom stereocenters. The molecule has 2 rings (SSSR count). The molecule has 1 aromatic carbocycles. The third-order valence-corrected chi connectivity index (χ3v) is 5.55. The van der Waals surface area contributed by atoms with Crippen LogP contribution in [0.5, 0.6) is 0 Å². The van der Waals surface area contributed by atoms with Gasteiger partial charge in [0.25, 0.3) is 10.0 Å². The van der Waals surface area contributed by atoms with E-state index >= 15 is 0 Å². The van der Waals surface area contributed by atoms with E-state index in [9.17, 15) is 8.42 Å². The topological polar surface area (TPSA) is 85.1 Å². The number of benzene rings is 1. The number of aromatic nitrogens is 1. The lowest BCUT2D eigenvalue weighted by Crippen LogP contribution is -2.15. The van der Waals surface area contributed by atoms with Crippen LogP contribution in [0.4, 0.5) is 10.8 Å². The highest BCUT2D eigenvalue weighted by Gasteiger charge is 2.20. The summed E-state index contributed by atoms with van der Waals surface area (Å²) >= 11 is 1.27. The molecule has 0 aliphatic carbocycles. The smallest absolute Gasteiger partial charge is 0.265 e. The summed E-state index contributed by atoms with van der Waals surface area (Å²) in [6.45, 7) is 7.77. The minimum Gasteiger partial charge on any atom is -0.398 e. The molecule has 0 amide bonds. The van der Waals surface area contributed by atoms with E-state index in [0.29, 0.717) is 5.13 Å². The Morgan fingerprint density at radius 2 is 1.86 bits per heavy atom. The van der Waals surface area contributed by atoms with Gasteiger partial charge in [0, 0.05) is 5.38 Å². The second-order valence-corrected chi connectivity index (χ2v) is 7.82. The van der Waals surface area contributed by atoms with Gasteiger partial charge in [-0.2, -0.15) is 0 Å². The summed E-state index contributed by atoms with van der Waals surface area (Å²) < 4.78 is 27.4. The molecule has 5 nitrogen and oxygen atoms in total. The molecule has 0 atom stereocenters. The molecule has 1 aromatic heterocycles. The number of nitrogens with one attached hydrogen (secondary N) is 1. The van der Waals surface area contributed by atoms with Gasteiger partial charge in [-0.15, -0.1) is 11.3 Å². The predicted octanol–water partition coefficient (Wildman–Crippen LogP) is 3.27. The minimum absolute atomic E-state index is 0.0897. The van der Waals surface area contributed by atoms with Gasteiger partial charge in [-0.3, -0.25) is 4.72 Å². The van der Waals surface area contributed by atoms with Gasteiger partial charge in [-0.05, 0) is 43.0 Å². The van der Waals surface area contributed by atoms with E-state index in [2.05, 4.69) is 9.71 Å². The van der Waals surface area contributed by atoms with Crippen molar-refractivity contribution in [2.75, 3.05) is 10.5 Å². The Labute approximate surface area is 129 Å². The molecule has 0 fully saturated rings. The van der Waals surface area contributed by atoms with Gasteiger partial charge in [-0.1, -0.05) is 13.8 Å². The molecule has 0 aliphatic heterocycles. The van der Waals surface area contributed by atoms with Crippen LogP contribution in [0, 0.1) is 13.8 Å². The van der Waals surface area contributed by atoms with E-state index < -0.39 is 10.0 Å². The van der Waals surface area contributed by atoms with Crippen molar-refractivity contribution in [3.63, 3.8) is 0 Å². The molecular formula is C14H19N3O2S2. The molecule has 3 N–H and O–H groups in total. The average molecular weight is 325 g/mol. The number of nitrogens with zero attached hydrogens (tertiary/aromatic N) is 1. The number of rotatable bonds is 4. The Kier molecular flexibility index (Phi) is 4.25. The Bertz CT molecular complexity index is 765. The van der Waals surface area contributed by atoms with Crippen molar-refractivity contribution in [3.05, 3.63) is 34.3 Å². The fourth-order valence-corrected chi connectivity index (χ4v) is 4.14. The monoisotopic (exact) mass is 325 g/mol. The molecule has 0 bridgehead atoms. The minimum atomic E-state index is -3.72. The maximum absolute atomic E-state index is 12.4. The number of hydrogen-bond acceptors (Lipinski definition) is 5. The molecule has 0 radical (unpaired) electrons. The zero-order valence-electron chi connectivity index (χ0n) is 12.5. The number of anilines is 2. The number of nitrogen functional groups attached to an aromatic ring is 1. The zero-order valence-corrected chi connectivity index (χ0v) is 14.1. The van der Waals surface area contributed by atoms with Crippen LogP contribution < -0.4 is 10.5 Å². The van der Waals surface area contributed by atoms with Crippen molar-refractivity contribution in [2.45, 2.75) is 38.5 Å². The van der Waals surface area contributed by atoms with Gasteiger partial charge in [-0.25, -0.2) is 13.4 Å². The lowest BCUT2D eigenvalue weighted by atomic mass is 10.1. The average Bonchev–Trinajstić information content (AvgIpc) is 2.81. The molecule has 21 heavy (non-hydrogen) atoms. The van der Waals surface area contributed by atoms with Gasteiger partial charge in [0.2, 0.25) is 0 Å². The largest absolute Gasteiger partial charge is 0.398 e. The number of hydrogen-bond donors (Lipinski definition) is 2. The predicted molar refractivity (Wildman–Crippen MR) is 87.3 cm³/mol. The fourth-order valence-electron chi connectivity index (χ4n) is 1.81. The third kappa shape index (κ3) is 3.36. The summed E-state index contributed by atoms with van der Waals surface area (Å²) in [6, 6.07) is 3.26. The summed E-state index contributed by atoms with van der Waals surface area (Å²) in [5.41, 5.74) is 8.80. The van der Waals surface area contributed by atoms with Crippen LogP contribution in [0.2, 0.25) is 0 Å². The number of aryl methyl sites for hydroxylation is 2. The van der Waals surface area contributed by atoms with Gasteiger partial charge in [0.15, 0.2) is 5.13 Å². The van der Waals surface area contributed by atoms with Crippen LogP contribution >= 0.6 is 11.3 Å². The van der Waals surface area contributed by atoms with Gasteiger partial charge in [0.05, 0.1) is 11.4 Å². The zero-order chi connectivity index (χ0) is 15.8. The first kappa shape index (κ1) is 15.8. The van der Waals surface area contributed by atoms with Crippen molar-refractivity contribution in [3.8, 4) is 0 Å². The quantitative estimate of drug-likeness (QED) is 0.845. The van der Waals surface area contributed by atoms with Crippen molar-refractivity contribution in [1.29, 1.82) is 0 Å². The Morgan fingerprint density at radius 1 is 1.24 bits per heavy atom. The Morgan fingerprint density at radius 3 is 2.43 bits per heavy atom. The summed E-state index contributed by atoms with van der Waals surface area (Å²) in [7, 11) is -3.72. The molecular weight excluding hydrogens is 306 g/mol. The summed E-state index contributed by atoms with van der Waals surface area (Å²) in [4.78, 5) is 4.37. The summed E-state index contributed by atoms with van der Waals surface area (Å²) in [6.07, 6.45) is 0. The first-order valence-corrected chi connectivity index (χ1v) is 8.92. The molecule has 0 aliphatic rings. The second-order valence-electron chi connectivity index (χ2n) is 5.31. The lowest BCUT2D eigenvalue weighted by molar-refractivity contribution is 0.601. The van der Waals surface area contributed by atoms with E-state index in [1.54, 1.807) is 12.1 Å². The molecule has 7 heteroatoms. The second kappa shape index (κ2) is 5.65. The van der Waals surface area contributed by atoms with Crippen LogP contribution in [0.25, 0.3) is 0 Å². The number of sulfonamides is 1. The molecule has 1 heterocycles. The van der Waals surface area contributed by atoms with E-state index in [4.69, 9.17) is 5.73 Å². The number of thiazole rings is 1. The van der Waals surface area contributed by atoms with E-state index in [1.807, 2.05) is 33.1 Å². The maximum atomic E-state index is 12.4. The Hall–Kier alpha value is -1.60.